The summed E-state index contributed by atoms with van der Waals surface area (Å²) in [5, 5.41) is 0. The molecular formula is C27H23O4S+. The van der Waals surface area contributed by atoms with E-state index in [9.17, 15) is 9.59 Å². The summed E-state index contributed by atoms with van der Waals surface area (Å²) < 4.78 is 11.2. The number of rotatable bonds is 5. The molecule has 5 unspecified atom stereocenters. The van der Waals surface area contributed by atoms with Crippen LogP contribution in [0.15, 0.2) is 99.6 Å². The number of carbonyl (C=O) groups is 2. The van der Waals surface area contributed by atoms with Crippen molar-refractivity contribution in [1.82, 2.24) is 0 Å². The molecule has 0 spiro atoms. The first-order valence-electron chi connectivity index (χ1n) is 11.1. The molecule has 6 rings (SSSR count). The molecule has 3 aromatic rings. The fraction of sp³-hybridized carbons (Fsp3) is 0.259. The minimum atomic E-state index is -0.366. The quantitative estimate of drug-likeness (QED) is 0.320. The van der Waals surface area contributed by atoms with Gasteiger partial charge in [0.15, 0.2) is 14.7 Å². The molecular weight excluding hydrogens is 420 g/mol. The van der Waals surface area contributed by atoms with Crippen LogP contribution in [0.4, 0.5) is 0 Å². The highest BCUT2D eigenvalue weighted by molar-refractivity contribution is 7.97. The fourth-order valence-electron chi connectivity index (χ4n) is 5.67. The van der Waals surface area contributed by atoms with Crippen molar-refractivity contribution in [1.29, 1.82) is 0 Å². The maximum Gasteiger partial charge on any atom is 0.315 e. The van der Waals surface area contributed by atoms with E-state index >= 15 is 0 Å². The smallest absolute Gasteiger partial charge is 0.315 e. The molecule has 1 saturated heterocycles. The van der Waals surface area contributed by atoms with Crippen molar-refractivity contribution in [2.24, 2.45) is 23.7 Å². The first-order valence-corrected chi connectivity index (χ1v) is 12.3. The highest BCUT2D eigenvalue weighted by Gasteiger charge is 2.64. The Morgan fingerprint density at radius 2 is 1.41 bits per heavy atom. The molecule has 160 valence electrons. The molecule has 32 heavy (non-hydrogen) atoms. The Labute approximate surface area is 189 Å². The lowest BCUT2D eigenvalue weighted by molar-refractivity contribution is -0.149. The van der Waals surface area contributed by atoms with Gasteiger partial charge < -0.3 is 9.47 Å². The number of hydrogen-bond acceptors (Lipinski definition) is 4. The molecule has 3 fully saturated rings. The minimum absolute atomic E-state index is 0.0229. The van der Waals surface area contributed by atoms with E-state index in [0.29, 0.717) is 5.75 Å². The van der Waals surface area contributed by atoms with Gasteiger partial charge in [0.1, 0.15) is 11.9 Å². The maximum absolute atomic E-state index is 13.0. The third-order valence-electron chi connectivity index (χ3n) is 6.99. The SMILES string of the molecule is O=C(Oc1ccc([S+](c2ccccc2)c2ccccc2)cc1)C1C2CC3OC(=O)C1C3C2. The fourth-order valence-corrected chi connectivity index (χ4v) is 7.76. The van der Waals surface area contributed by atoms with E-state index in [1.165, 1.54) is 9.79 Å². The van der Waals surface area contributed by atoms with Crippen LogP contribution in [0.3, 0.4) is 0 Å². The average Bonchev–Trinajstić information content (AvgIpc) is 3.45. The van der Waals surface area contributed by atoms with E-state index < -0.39 is 0 Å². The lowest BCUT2D eigenvalue weighted by Crippen LogP contribution is -2.34. The Morgan fingerprint density at radius 3 is 2.03 bits per heavy atom. The molecule has 2 aliphatic carbocycles. The van der Waals surface area contributed by atoms with Crippen LogP contribution in [0.1, 0.15) is 12.8 Å². The predicted octanol–water partition coefficient (Wildman–Crippen LogP) is 4.89. The third kappa shape index (κ3) is 3.23. The van der Waals surface area contributed by atoms with Crippen molar-refractivity contribution in [2.75, 3.05) is 0 Å². The lowest BCUT2D eigenvalue weighted by atomic mass is 9.80. The highest BCUT2D eigenvalue weighted by atomic mass is 32.2. The zero-order valence-corrected chi connectivity index (χ0v) is 18.2. The molecule has 0 N–H and O–H groups in total. The van der Waals surface area contributed by atoms with Crippen molar-refractivity contribution >= 4 is 22.8 Å². The van der Waals surface area contributed by atoms with Crippen LogP contribution in [0.25, 0.3) is 0 Å². The van der Waals surface area contributed by atoms with Gasteiger partial charge in [0, 0.05) is 5.92 Å². The number of carbonyl (C=O) groups excluding carboxylic acids is 2. The summed E-state index contributed by atoms with van der Waals surface area (Å²) in [7, 11) is -0.247. The van der Waals surface area contributed by atoms with Gasteiger partial charge in [-0.3, -0.25) is 9.59 Å². The first-order chi connectivity index (χ1) is 15.7. The molecule has 5 heteroatoms. The van der Waals surface area contributed by atoms with Crippen molar-refractivity contribution in [3.8, 4) is 5.75 Å². The predicted molar refractivity (Wildman–Crippen MR) is 120 cm³/mol. The monoisotopic (exact) mass is 443 g/mol. The standard InChI is InChI=1S/C27H23O4S/c28-26(24-17-15-22-23(16-17)31-27(29)25(22)24)30-18-11-13-21(14-12-18)32(19-7-3-1-4-8-19)20-9-5-2-6-10-20/h1-14,17,22-25H,15-16H2/q+1. The molecule has 2 saturated carbocycles. The Balaban J connectivity index is 1.24. The molecule has 4 nitrogen and oxygen atoms in total. The molecule has 0 aromatic heterocycles. The molecule has 5 atom stereocenters. The number of fused-ring (bicyclic) bond motifs is 1. The van der Waals surface area contributed by atoms with Gasteiger partial charge in [-0.2, -0.15) is 0 Å². The summed E-state index contributed by atoms with van der Waals surface area (Å²) in [5.74, 6) is -0.262. The minimum Gasteiger partial charge on any atom is -0.462 e. The third-order valence-corrected chi connectivity index (χ3v) is 9.22. The Morgan fingerprint density at radius 1 is 0.812 bits per heavy atom. The van der Waals surface area contributed by atoms with Gasteiger partial charge in [-0.25, -0.2) is 0 Å². The molecule has 3 aromatic carbocycles. The van der Waals surface area contributed by atoms with E-state index in [0.717, 1.165) is 17.7 Å². The van der Waals surface area contributed by atoms with E-state index in [-0.39, 0.29) is 52.6 Å². The Bertz CT molecular complexity index is 1100. The van der Waals surface area contributed by atoms with Gasteiger partial charge in [0.25, 0.3) is 0 Å². The topological polar surface area (TPSA) is 52.6 Å². The van der Waals surface area contributed by atoms with Gasteiger partial charge in [-0.1, -0.05) is 36.4 Å². The van der Waals surface area contributed by atoms with E-state index in [4.69, 9.17) is 9.47 Å². The summed E-state index contributed by atoms with van der Waals surface area (Å²) in [6, 6.07) is 28.7. The molecule has 2 bridgehead atoms. The van der Waals surface area contributed by atoms with Crippen LogP contribution >= 0.6 is 0 Å². The van der Waals surface area contributed by atoms with Gasteiger partial charge in [0.05, 0.1) is 22.7 Å². The Hall–Kier alpha value is -3.05. The summed E-state index contributed by atoms with van der Waals surface area (Å²) in [6.45, 7) is 0. The Kier molecular flexibility index (Phi) is 4.80. The second-order valence-electron chi connectivity index (χ2n) is 8.75. The number of benzene rings is 3. The summed E-state index contributed by atoms with van der Waals surface area (Å²) >= 11 is 0. The zero-order chi connectivity index (χ0) is 21.7. The van der Waals surface area contributed by atoms with E-state index in [2.05, 4.69) is 48.5 Å². The maximum atomic E-state index is 13.0. The number of esters is 2. The second-order valence-corrected chi connectivity index (χ2v) is 10.8. The van der Waals surface area contributed by atoms with Gasteiger partial charge >= 0.3 is 11.9 Å². The first kappa shape index (κ1) is 19.6. The zero-order valence-electron chi connectivity index (χ0n) is 17.4. The second kappa shape index (κ2) is 7.82. The molecule has 0 radical (unpaired) electrons. The molecule has 1 aliphatic heterocycles. The van der Waals surface area contributed by atoms with Crippen LogP contribution < -0.4 is 4.74 Å². The van der Waals surface area contributed by atoms with Crippen LogP contribution in [0.2, 0.25) is 0 Å². The van der Waals surface area contributed by atoms with Crippen molar-refractivity contribution < 1.29 is 19.1 Å². The van der Waals surface area contributed by atoms with Crippen molar-refractivity contribution in [2.45, 2.75) is 33.6 Å². The summed E-state index contributed by atoms with van der Waals surface area (Å²) in [4.78, 5) is 28.8. The van der Waals surface area contributed by atoms with Crippen LogP contribution in [-0.2, 0) is 25.2 Å². The van der Waals surface area contributed by atoms with Crippen LogP contribution in [-0.4, -0.2) is 18.0 Å². The van der Waals surface area contributed by atoms with Crippen molar-refractivity contribution in [3.63, 3.8) is 0 Å². The average molecular weight is 444 g/mol. The van der Waals surface area contributed by atoms with E-state index in [1.54, 1.807) is 0 Å². The largest absolute Gasteiger partial charge is 0.462 e. The van der Waals surface area contributed by atoms with Gasteiger partial charge in [0.2, 0.25) is 0 Å². The highest BCUT2D eigenvalue weighted by Crippen LogP contribution is 2.57. The normalized spacial score (nSPS) is 27.5. The molecule has 0 amide bonds. The number of hydrogen-bond donors (Lipinski definition) is 0. The summed E-state index contributed by atoms with van der Waals surface area (Å²) in [6.07, 6.45) is 1.72. The lowest BCUT2D eigenvalue weighted by Gasteiger charge is -2.22. The van der Waals surface area contributed by atoms with Crippen LogP contribution in [0.5, 0.6) is 5.75 Å². The molecule has 3 aliphatic rings. The van der Waals surface area contributed by atoms with Gasteiger partial charge in [-0.15, -0.1) is 0 Å². The van der Waals surface area contributed by atoms with Gasteiger partial charge in [-0.05, 0) is 67.3 Å². The van der Waals surface area contributed by atoms with E-state index in [1.807, 2.05) is 36.4 Å². The summed E-state index contributed by atoms with van der Waals surface area (Å²) in [5.41, 5.74) is 0. The molecule has 1 heterocycles. The number of ether oxygens (including phenoxy) is 2. The van der Waals surface area contributed by atoms with Crippen molar-refractivity contribution in [3.05, 3.63) is 84.9 Å². The van der Waals surface area contributed by atoms with Crippen LogP contribution in [0, 0.1) is 23.7 Å².